The van der Waals surface area contributed by atoms with Gasteiger partial charge in [-0.25, -0.2) is 0 Å². The SMILES string of the molecule is C=CC1(C)CC1.CC1CCN(C)C1. The maximum Gasteiger partial charge on any atom is 0.000445 e. The summed E-state index contributed by atoms with van der Waals surface area (Å²) in [5.74, 6) is 0.949. The lowest BCUT2D eigenvalue weighted by molar-refractivity contribution is 0.402. The molecule has 2 fully saturated rings. The molecule has 1 heterocycles. The molecular formula is C12H23N. The van der Waals surface area contributed by atoms with Gasteiger partial charge in [0.25, 0.3) is 0 Å². The van der Waals surface area contributed by atoms with Crippen molar-refractivity contribution in [2.45, 2.75) is 33.1 Å². The third kappa shape index (κ3) is 3.95. The second-order valence-corrected chi connectivity index (χ2v) is 5.01. The van der Waals surface area contributed by atoms with Gasteiger partial charge < -0.3 is 4.90 Å². The fraction of sp³-hybridized carbons (Fsp3) is 0.833. The highest BCUT2D eigenvalue weighted by molar-refractivity contribution is 5.02. The zero-order valence-corrected chi connectivity index (χ0v) is 9.34. The van der Waals surface area contributed by atoms with Crippen molar-refractivity contribution in [3.63, 3.8) is 0 Å². The Bertz CT molecular complexity index is 162. The van der Waals surface area contributed by atoms with E-state index in [4.69, 9.17) is 0 Å². The maximum absolute atomic E-state index is 3.69. The van der Waals surface area contributed by atoms with Gasteiger partial charge in [0, 0.05) is 6.54 Å². The van der Waals surface area contributed by atoms with Gasteiger partial charge in [0.05, 0.1) is 0 Å². The van der Waals surface area contributed by atoms with Crippen LogP contribution in [-0.4, -0.2) is 25.0 Å². The lowest BCUT2D eigenvalue weighted by Crippen LogP contribution is -2.12. The summed E-state index contributed by atoms with van der Waals surface area (Å²) in [4.78, 5) is 2.38. The molecule has 2 aliphatic rings. The number of hydrogen-bond donors (Lipinski definition) is 0. The molecule has 13 heavy (non-hydrogen) atoms. The predicted molar refractivity (Wildman–Crippen MR) is 58.8 cm³/mol. The summed E-state index contributed by atoms with van der Waals surface area (Å²) in [5, 5.41) is 0. The molecule has 0 spiro atoms. The summed E-state index contributed by atoms with van der Waals surface area (Å²) in [7, 11) is 2.18. The first-order valence-electron chi connectivity index (χ1n) is 5.38. The van der Waals surface area contributed by atoms with Crippen molar-refractivity contribution in [3.05, 3.63) is 12.7 Å². The Kier molecular flexibility index (Phi) is 3.55. The van der Waals surface area contributed by atoms with Crippen molar-refractivity contribution in [1.82, 2.24) is 4.90 Å². The van der Waals surface area contributed by atoms with Crippen molar-refractivity contribution in [3.8, 4) is 0 Å². The van der Waals surface area contributed by atoms with Crippen LogP contribution in [0.5, 0.6) is 0 Å². The third-order valence-electron chi connectivity index (χ3n) is 3.16. The maximum atomic E-state index is 3.69. The van der Waals surface area contributed by atoms with Crippen LogP contribution in [0.15, 0.2) is 12.7 Å². The minimum atomic E-state index is 0.556. The lowest BCUT2D eigenvalue weighted by atomic mass is 10.1. The van der Waals surface area contributed by atoms with Crippen LogP contribution in [0.2, 0.25) is 0 Å². The van der Waals surface area contributed by atoms with Gasteiger partial charge in [0.15, 0.2) is 0 Å². The molecule has 0 bridgehead atoms. The van der Waals surface area contributed by atoms with Gasteiger partial charge >= 0.3 is 0 Å². The highest BCUT2D eigenvalue weighted by atomic mass is 15.1. The Balaban J connectivity index is 0.000000132. The van der Waals surface area contributed by atoms with E-state index >= 15 is 0 Å². The van der Waals surface area contributed by atoms with E-state index in [-0.39, 0.29) is 0 Å². The summed E-state index contributed by atoms with van der Waals surface area (Å²) >= 11 is 0. The number of rotatable bonds is 1. The molecule has 1 saturated carbocycles. The fourth-order valence-corrected chi connectivity index (χ4v) is 1.56. The van der Waals surface area contributed by atoms with E-state index in [0.717, 1.165) is 5.92 Å². The van der Waals surface area contributed by atoms with Crippen molar-refractivity contribution in [2.75, 3.05) is 20.1 Å². The summed E-state index contributed by atoms with van der Waals surface area (Å²) in [6, 6.07) is 0. The van der Waals surface area contributed by atoms with Crippen LogP contribution >= 0.6 is 0 Å². The van der Waals surface area contributed by atoms with E-state index in [2.05, 4.69) is 32.4 Å². The monoisotopic (exact) mass is 181 g/mol. The van der Waals surface area contributed by atoms with E-state index in [1.165, 1.54) is 32.4 Å². The predicted octanol–water partition coefficient (Wildman–Crippen LogP) is 2.93. The number of nitrogens with zero attached hydrogens (tertiary/aromatic N) is 1. The molecule has 1 heteroatoms. The highest BCUT2D eigenvalue weighted by Gasteiger charge is 2.32. The van der Waals surface area contributed by atoms with E-state index in [9.17, 15) is 0 Å². The highest BCUT2D eigenvalue weighted by Crippen LogP contribution is 2.45. The molecule has 0 N–H and O–H groups in total. The molecule has 1 nitrogen and oxygen atoms in total. The Morgan fingerprint density at radius 2 is 2.08 bits per heavy atom. The standard InChI is InChI=1S/C6H13N.C6H10/c1-6-3-4-7(2)5-6;1-3-6(2)4-5-6/h6H,3-5H2,1-2H3;3H,1,4-5H2,2H3. The zero-order valence-electron chi connectivity index (χ0n) is 9.34. The van der Waals surface area contributed by atoms with Crippen LogP contribution in [0, 0.1) is 11.3 Å². The Labute approximate surface area is 82.8 Å². The molecule has 76 valence electrons. The normalized spacial score (nSPS) is 30.5. The molecule has 0 amide bonds. The molecule has 1 aliphatic heterocycles. The second kappa shape index (κ2) is 4.28. The van der Waals surface area contributed by atoms with Crippen LogP contribution in [0.25, 0.3) is 0 Å². The number of allylic oxidation sites excluding steroid dienone is 1. The second-order valence-electron chi connectivity index (χ2n) is 5.01. The molecule has 0 aromatic heterocycles. The number of hydrogen-bond acceptors (Lipinski definition) is 1. The Hall–Kier alpha value is -0.300. The largest absolute Gasteiger partial charge is 0.306 e. The third-order valence-corrected chi connectivity index (χ3v) is 3.16. The van der Waals surface area contributed by atoms with Gasteiger partial charge in [-0.3, -0.25) is 0 Å². The topological polar surface area (TPSA) is 3.24 Å². The molecule has 1 atom stereocenters. The average molecular weight is 181 g/mol. The molecule has 1 unspecified atom stereocenters. The average Bonchev–Trinajstić information content (AvgIpc) is 2.72. The first-order chi connectivity index (χ1) is 6.06. The van der Waals surface area contributed by atoms with Crippen LogP contribution in [-0.2, 0) is 0 Å². The molecule has 1 aliphatic carbocycles. The summed E-state index contributed by atoms with van der Waals surface area (Å²) in [5.41, 5.74) is 0.556. The first kappa shape index (κ1) is 10.8. The van der Waals surface area contributed by atoms with Gasteiger partial charge in [-0.1, -0.05) is 19.9 Å². The van der Waals surface area contributed by atoms with Crippen LogP contribution < -0.4 is 0 Å². The smallest absolute Gasteiger partial charge is 0.000445 e. The molecule has 0 aromatic rings. The van der Waals surface area contributed by atoms with E-state index in [1.54, 1.807) is 0 Å². The van der Waals surface area contributed by atoms with Crippen molar-refractivity contribution < 1.29 is 0 Å². The van der Waals surface area contributed by atoms with Crippen LogP contribution in [0.3, 0.4) is 0 Å². The fourth-order valence-electron chi connectivity index (χ4n) is 1.56. The van der Waals surface area contributed by atoms with E-state index in [0.29, 0.717) is 5.41 Å². The molecule has 0 radical (unpaired) electrons. The van der Waals surface area contributed by atoms with Crippen molar-refractivity contribution in [2.24, 2.45) is 11.3 Å². The minimum Gasteiger partial charge on any atom is -0.306 e. The van der Waals surface area contributed by atoms with Gasteiger partial charge in [0.2, 0.25) is 0 Å². The lowest BCUT2D eigenvalue weighted by Gasteiger charge is -2.03. The summed E-state index contributed by atoms with van der Waals surface area (Å²) in [6.07, 6.45) is 6.16. The molecule has 2 rings (SSSR count). The minimum absolute atomic E-state index is 0.556. The van der Waals surface area contributed by atoms with Gasteiger partial charge in [-0.05, 0) is 44.2 Å². The van der Waals surface area contributed by atoms with Gasteiger partial charge in [-0.2, -0.15) is 0 Å². The Morgan fingerprint density at radius 3 is 2.15 bits per heavy atom. The van der Waals surface area contributed by atoms with E-state index < -0.39 is 0 Å². The number of likely N-dealkylation sites (tertiary alicyclic amines) is 1. The molecule has 0 aromatic carbocycles. The van der Waals surface area contributed by atoms with Crippen molar-refractivity contribution >= 4 is 0 Å². The zero-order chi connectivity index (χ0) is 9.90. The van der Waals surface area contributed by atoms with Crippen LogP contribution in [0.4, 0.5) is 0 Å². The van der Waals surface area contributed by atoms with Crippen molar-refractivity contribution in [1.29, 1.82) is 0 Å². The summed E-state index contributed by atoms with van der Waals surface area (Å²) in [6.45, 7) is 10.9. The van der Waals surface area contributed by atoms with Crippen LogP contribution in [0.1, 0.15) is 33.1 Å². The van der Waals surface area contributed by atoms with Gasteiger partial charge in [0.1, 0.15) is 0 Å². The molecule has 1 saturated heterocycles. The Morgan fingerprint density at radius 1 is 1.46 bits per heavy atom. The summed E-state index contributed by atoms with van der Waals surface area (Å²) < 4.78 is 0. The van der Waals surface area contributed by atoms with Gasteiger partial charge in [-0.15, -0.1) is 6.58 Å². The first-order valence-corrected chi connectivity index (χ1v) is 5.38. The quantitative estimate of drug-likeness (QED) is 0.562. The van der Waals surface area contributed by atoms with E-state index in [1.807, 2.05) is 6.08 Å². The molecular weight excluding hydrogens is 158 g/mol.